The number of carbonyl (C=O) groups excluding carboxylic acids is 1. The normalized spacial score (nSPS) is 14.0. The molecule has 1 unspecified atom stereocenters. The molecule has 0 saturated heterocycles. The van der Waals surface area contributed by atoms with Crippen LogP contribution in [0.5, 0.6) is 0 Å². The molecule has 2 nitrogen and oxygen atoms in total. The van der Waals surface area contributed by atoms with E-state index in [0.717, 1.165) is 19.3 Å². The zero-order valence-corrected chi connectivity index (χ0v) is 15.5. The Morgan fingerprint density at radius 2 is 1.18 bits per heavy atom. The van der Waals surface area contributed by atoms with Crippen molar-refractivity contribution in [3.05, 3.63) is 0 Å². The first-order valence-electron chi connectivity index (χ1n) is 9.86. The third kappa shape index (κ3) is 10.4. The molecule has 0 aromatic carbocycles. The second kappa shape index (κ2) is 14.2. The van der Waals surface area contributed by atoms with E-state index in [2.05, 4.69) is 6.92 Å². The minimum absolute atomic E-state index is 0.0628. The van der Waals surface area contributed by atoms with Crippen molar-refractivity contribution < 1.29 is 9.90 Å². The zero-order valence-electron chi connectivity index (χ0n) is 15.5. The standard InChI is InChI=1S/C20H40O2/c1-4-7-8-9-10-11-12-13-14-15-16-17-19(21)20(22,6-3)18-5-2/h22H,4-18H2,1-3H3. The van der Waals surface area contributed by atoms with Gasteiger partial charge in [0, 0.05) is 6.42 Å². The number of hydrogen-bond acceptors (Lipinski definition) is 2. The van der Waals surface area contributed by atoms with Crippen LogP contribution in [0.15, 0.2) is 0 Å². The van der Waals surface area contributed by atoms with Crippen LogP contribution in [0, 0.1) is 0 Å². The number of hydrogen-bond donors (Lipinski definition) is 1. The van der Waals surface area contributed by atoms with E-state index in [1.807, 2.05) is 13.8 Å². The number of unbranched alkanes of at least 4 members (excludes halogenated alkanes) is 10. The maximum Gasteiger partial charge on any atom is 0.164 e. The van der Waals surface area contributed by atoms with Gasteiger partial charge in [0.15, 0.2) is 5.78 Å². The van der Waals surface area contributed by atoms with Gasteiger partial charge in [0.1, 0.15) is 5.60 Å². The minimum atomic E-state index is -1.05. The summed E-state index contributed by atoms with van der Waals surface area (Å²) in [6.07, 6.45) is 16.8. The van der Waals surface area contributed by atoms with Crippen molar-refractivity contribution in [2.24, 2.45) is 0 Å². The quantitative estimate of drug-likeness (QED) is 0.345. The summed E-state index contributed by atoms with van der Waals surface area (Å²) >= 11 is 0. The lowest BCUT2D eigenvalue weighted by atomic mass is 9.87. The number of rotatable bonds is 16. The van der Waals surface area contributed by atoms with Gasteiger partial charge in [0.25, 0.3) is 0 Å². The third-order valence-electron chi connectivity index (χ3n) is 4.77. The van der Waals surface area contributed by atoms with Gasteiger partial charge in [-0.3, -0.25) is 4.79 Å². The Hall–Kier alpha value is -0.370. The second-order valence-electron chi connectivity index (χ2n) is 6.84. The molecule has 0 aliphatic heterocycles. The topological polar surface area (TPSA) is 37.3 Å². The van der Waals surface area contributed by atoms with Gasteiger partial charge in [-0.1, -0.05) is 91.4 Å². The maximum atomic E-state index is 12.1. The molecule has 0 bridgehead atoms. The van der Waals surface area contributed by atoms with Crippen molar-refractivity contribution in [3.8, 4) is 0 Å². The molecule has 22 heavy (non-hydrogen) atoms. The van der Waals surface area contributed by atoms with E-state index in [9.17, 15) is 9.90 Å². The smallest absolute Gasteiger partial charge is 0.164 e. The van der Waals surface area contributed by atoms with Crippen molar-refractivity contribution >= 4 is 5.78 Å². The largest absolute Gasteiger partial charge is 0.382 e. The lowest BCUT2D eigenvalue weighted by Crippen LogP contribution is -2.37. The Kier molecular flexibility index (Phi) is 14.0. The van der Waals surface area contributed by atoms with Crippen LogP contribution in [0.4, 0.5) is 0 Å². The Morgan fingerprint density at radius 1 is 0.727 bits per heavy atom. The van der Waals surface area contributed by atoms with E-state index >= 15 is 0 Å². The molecule has 0 aromatic rings. The van der Waals surface area contributed by atoms with E-state index < -0.39 is 5.60 Å². The lowest BCUT2D eigenvalue weighted by Gasteiger charge is -2.24. The molecule has 0 aromatic heterocycles. The highest BCUT2D eigenvalue weighted by atomic mass is 16.3. The van der Waals surface area contributed by atoms with Crippen molar-refractivity contribution in [1.29, 1.82) is 0 Å². The number of aliphatic hydroxyl groups is 1. The van der Waals surface area contributed by atoms with Crippen molar-refractivity contribution in [2.75, 3.05) is 0 Å². The first-order valence-corrected chi connectivity index (χ1v) is 9.86. The van der Waals surface area contributed by atoms with Crippen molar-refractivity contribution in [2.45, 2.75) is 123 Å². The van der Waals surface area contributed by atoms with Crippen LogP contribution in [0.1, 0.15) is 117 Å². The summed E-state index contributed by atoms with van der Waals surface area (Å²) in [5, 5.41) is 10.3. The summed E-state index contributed by atoms with van der Waals surface area (Å²) in [6.45, 7) is 6.19. The molecular weight excluding hydrogens is 272 g/mol. The fourth-order valence-electron chi connectivity index (χ4n) is 3.11. The Labute approximate surface area is 139 Å². The molecule has 0 spiro atoms. The van der Waals surface area contributed by atoms with Gasteiger partial charge >= 0.3 is 0 Å². The van der Waals surface area contributed by atoms with Crippen molar-refractivity contribution in [3.63, 3.8) is 0 Å². The van der Waals surface area contributed by atoms with E-state index in [1.54, 1.807) is 0 Å². The molecule has 1 N–H and O–H groups in total. The van der Waals surface area contributed by atoms with E-state index in [0.29, 0.717) is 19.3 Å². The van der Waals surface area contributed by atoms with E-state index in [4.69, 9.17) is 0 Å². The summed E-state index contributed by atoms with van der Waals surface area (Å²) < 4.78 is 0. The number of ketones is 1. The first-order chi connectivity index (χ1) is 10.6. The average Bonchev–Trinajstić information content (AvgIpc) is 2.52. The summed E-state index contributed by atoms with van der Waals surface area (Å²) in [5.41, 5.74) is -1.05. The Bertz CT molecular complexity index is 262. The number of carbonyl (C=O) groups is 1. The maximum absolute atomic E-state index is 12.1. The highest BCUT2D eigenvalue weighted by Gasteiger charge is 2.31. The second-order valence-corrected chi connectivity index (χ2v) is 6.84. The molecule has 0 fully saturated rings. The molecule has 0 aliphatic carbocycles. The number of Topliss-reactive ketones (excluding diaryl/α,β-unsaturated/α-hetero) is 1. The summed E-state index contributed by atoms with van der Waals surface area (Å²) in [7, 11) is 0. The van der Waals surface area contributed by atoms with Crippen LogP contribution in [-0.2, 0) is 4.79 Å². The van der Waals surface area contributed by atoms with Crippen LogP contribution in [0.25, 0.3) is 0 Å². The molecule has 132 valence electrons. The SMILES string of the molecule is CCCCCCCCCCCCCC(=O)C(O)(CC)CCC. The van der Waals surface area contributed by atoms with Crippen LogP contribution >= 0.6 is 0 Å². The highest BCUT2D eigenvalue weighted by Crippen LogP contribution is 2.21. The van der Waals surface area contributed by atoms with Gasteiger partial charge in [0.2, 0.25) is 0 Å². The Balaban J connectivity index is 3.47. The van der Waals surface area contributed by atoms with Crippen LogP contribution in [0.3, 0.4) is 0 Å². The monoisotopic (exact) mass is 312 g/mol. The predicted molar refractivity (Wildman–Crippen MR) is 96.2 cm³/mol. The first kappa shape index (κ1) is 21.6. The summed E-state index contributed by atoms with van der Waals surface area (Å²) in [6, 6.07) is 0. The van der Waals surface area contributed by atoms with Gasteiger partial charge < -0.3 is 5.11 Å². The molecule has 0 heterocycles. The fourth-order valence-corrected chi connectivity index (χ4v) is 3.11. The van der Waals surface area contributed by atoms with Crippen molar-refractivity contribution in [1.82, 2.24) is 0 Å². The van der Waals surface area contributed by atoms with Gasteiger partial charge in [-0.05, 0) is 19.3 Å². The van der Waals surface area contributed by atoms with Gasteiger partial charge in [-0.25, -0.2) is 0 Å². The fraction of sp³-hybridized carbons (Fsp3) is 0.950. The van der Waals surface area contributed by atoms with E-state index in [-0.39, 0.29) is 5.78 Å². The molecule has 0 radical (unpaired) electrons. The van der Waals surface area contributed by atoms with Crippen LogP contribution < -0.4 is 0 Å². The minimum Gasteiger partial charge on any atom is -0.382 e. The van der Waals surface area contributed by atoms with Gasteiger partial charge in [0.05, 0.1) is 0 Å². The molecular formula is C20H40O2. The third-order valence-corrected chi connectivity index (χ3v) is 4.77. The summed E-state index contributed by atoms with van der Waals surface area (Å²) in [4.78, 5) is 12.1. The molecule has 2 heteroatoms. The van der Waals surface area contributed by atoms with Gasteiger partial charge in [-0.2, -0.15) is 0 Å². The molecule has 0 rings (SSSR count). The predicted octanol–water partition coefficient (Wildman–Crippen LogP) is 6.20. The van der Waals surface area contributed by atoms with Gasteiger partial charge in [-0.15, -0.1) is 0 Å². The summed E-state index contributed by atoms with van der Waals surface area (Å²) in [5.74, 6) is 0.0628. The van der Waals surface area contributed by atoms with Crippen LogP contribution in [-0.4, -0.2) is 16.5 Å². The van der Waals surface area contributed by atoms with Crippen LogP contribution in [0.2, 0.25) is 0 Å². The molecule has 0 saturated carbocycles. The van der Waals surface area contributed by atoms with E-state index in [1.165, 1.54) is 57.8 Å². The molecule has 0 aliphatic rings. The average molecular weight is 313 g/mol. The Morgan fingerprint density at radius 3 is 1.59 bits per heavy atom. The zero-order chi connectivity index (χ0) is 16.7. The lowest BCUT2D eigenvalue weighted by molar-refractivity contribution is -0.138. The molecule has 1 atom stereocenters. The highest BCUT2D eigenvalue weighted by molar-refractivity contribution is 5.86. The molecule has 0 amide bonds.